The van der Waals surface area contributed by atoms with E-state index < -0.39 is 5.60 Å². The van der Waals surface area contributed by atoms with Gasteiger partial charge in [0.25, 0.3) is 0 Å². The normalized spacial score (nSPS) is 31.2. The van der Waals surface area contributed by atoms with Crippen molar-refractivity contribution < 1.29 is 9.53 Å². The predicted molar refractivity (Wildman–Crippen MR) is 91.6 cm³/mol. The summed E-state index contributed by atoms with van der Waals surface area (Å²) >= 11 is 4.59. The molecule has 7 heteroatoms. The molecule has 3 fully saturated rings. The number of alkyl carbamates (subject to hydrolysis) is 1. The highest BCUT2D eigenvalue weighted by molar-refractivity contribution is 14.1. The molecule has 0 aromatic carbocycles. The van der Waals surface area contributed by atoms with Crippen LogP contribution in [0, 0.1) is 7.40 Å². The van der Waals surface area contributed by atoms with Crippen LogP contribution in [-0.4, -0.2) is 26.8 Å². The molecular formula is C13H17I2N3O2. The van der Waals surface area contributed by atoms with E-state index in [2.05, 4.69) is 60.0 Å². The average molecular weight is 501 g/mol. The summed E-state index contributed by atoms with van der Waals surface area (Å²) in [4.78, 5) is 16.2. The van der Waals surface area contributed by atoms with Gasteiger partial charge in [-0.3, -0.25) is 0 Å². The van der Waals surface area contributed by atoms with Crippen LogP contribution in [0.25, 0.3) is 0 Å². The maximum atomic E-state index is 11.8. The molecule has 3 aliphatic rings. The summed E-state index contributed by atoms with van der Waals surface area (Å²) in [5.74, 6) is 0. The van der Waals surface area contributed by atoms with E-state index >= 15 is 0 Å². The van der Waals surface area contributed by atoms with Crippen molar-refractivity contribution in [2.75, 3.05) is 0 Å². The largest absolute Gasteiger partial charge is 0.444 e. The first-order valence-electron chi connectivity index (χ1n) is 6.55. The summed E-state index contributed by atoms with van der Waals surface area (Å²) in [5.41, 5.74) is -0.329. The van der Waals surface area contributed by atoms with E-state index in [1.165, 1.54) is 3.70 Å². The van der Waals surface area contributed by atoms with E-state index in [-0.39, 0.29) is 17.2 Å². The Bertz CT molecular complexity index is 557. The molecule has 0 aliphatic heterocycles. The van der Waals surface area contributed by atoms with Gasteiger partial charge in [-0.2, -0.15) is 0 Å². The van der Waals surface area contributed by atoms with Gasteiger partial charge in [-0.25, -0.2) is 9.78 Å². The minimum atomic E-state index is -0.443. The Morgan fingerprint density at radius 3 is 2.45 bits per heavy atom. The number of ether oxygens (including phenoxy) is 1. The molecular weight excluding hydrogens is 484 g/mol. The van der Waals surface area contributed by atoms with Gasteiger partial charge in [-0.1, -0.05) is 0 Å². The Morgan fingerprint density at radius 2 is 2.00 bits per heavy atom. The number of carbonyl (C=O) groups is 1. The number of carbonyl (C=O) groups excluding carboxylic acids is 1. The molecule has 1 aromatic rings. The van der Waals surface area contributed by atoms with Gasteiger partial charge < -0.3 is 14.6 Å². The molecule has 1 amide bonds. The third-order valence-electron chi connectivity index (χ3n) is 3.95. The summed E-state index contributed by atoms with van der Waals surface area (Å²) < 4.78 is 9.82. The number of imidazole rings is 1. The minimum Gasteiger partial charge on any atom is -0.444 e. The van der Waals surface area contributed by atoms with Crippen LogP contribution < -0.4 is 5.32 Å². The van der Waals surface area contributed by atoms with E-state index in [9.17, 15) is 4.79 Å². The fourth-order valence-electron chi connectivity index (χ4n) is 3.29. The molecule has 4 rings (SSSR count). The van der Waals surface area contributed by atoms with Gasteiger partial charge in [0.05, 0.1) is 17.4 Å². The Kier molecular flexibility index (Phi) is 3.32. The van der Waals surface area contributed by atoms with Crippen molar-refractivity contribution in [3.8, 4) is 0 Å². The standard InChI is InChI=1S/C13H17I2N3O2/c1-11(2,3)20-10(19)17-12-4-13(5-12,6-12)18-7-16-8(14)9(18)15/h7H,4-6H2,1-3H3,(H,17,19). The summed E-state index contributed by atoms with van der Waals surface area (Å²) in [5, 5.41) is 3.04. The van der Waals surface area contributed by atoms with Gasteiger partial charge in [-0.15, -0.1) is 0 Å². The maximum absolute atomic E-state index is 11.8. The third-order valence-corrected chi connectivity index (χ3v) is 6.80. The summed E-state index contributed by atoms with van der Waals surface area (Å²) in [6.45, 7) is 5.64. The summed E-state index contributed by atoms with van der Waals surface area (Å²) in [6, 6.07) is 0. The average Bonchev–Trinajstić information content (AvgIpc) is 2.49. The van der Waals surface area contributed by atoms with Crippen molar-refractivity contribution in [2.45, 2.75) is 56.7 Å². The second-order valence-corrected chi connectivity index (χ2v) is 8.90. The van der Waals surface area contributed by atoms with Crippen LogP contribution >= 0.6 is 45.2 Å². The van der Waals surface area contributed by atoms with Gasteiger partial charge in [0.2, 0.25) is 0 Å². The minimum absolute atomic E-state index is 0.0544. The fourth-order valence-corrected chi connectivity index (χ4v) is 4.44. The fraction of sp³-hybridized carbons (Fsp3) is 0.692. The summed E-state index contributed by atoms with van der Waals surface area (Å²) in [7, 11) is 0. The van der Waals surface area contributed by atoms with Crippen molar-refractivity contribution in [2.24, 2.45) is 0 Å². The van der Waals surface area contributed by atoms with Gasteiger partial charge in [0.15, 0.2) is 0 Å². The predicted octanol–water partition coefficient (Wildman–Crippen LogP) is 3.25. The van der Waals surface area contributed by atoms with Crippen LogP contribution in [0.5, 0.6) is 0 Å². The number of hydrogen-bond acceptors (Lipinski definition) is 3. The Balaban J connectivity index is 1.61. The molecule has 1 N–H and O–H groups in total. The molecule has 5 nitrogen and oxygen atoms in total. The molecule has 20 heavy (non-hydrogen) atoms. The number of amides is 1. The van der Waals surface area contributed by atoms with Crippen molar-refractivity contribution in [3.05, 3.63) is 13.7 Å². The lowest BCUT2D eigenvalue weighted by atomic mass is 9.44. The van der Waals surface area contributed by atoms with Crippen LogP contribution in [0.3, 0.4) is 0 Å². The van der Waals surface area contributed by atoms with Gasteiger partial charge in [0.1, 0.15) is 13.0 Å². The molecule has 0 spiro atoms. The molecule has 0 atom stereocenters. The number of halogens is 2. The Morgan fingerprint density at radius 1 is 1.40 bits per heavy atom. The van der Waals surface area contributed by atoms with Crippen LogP contribution in [0.4, 0.5) is 4.79 Å². The van der Waals surface area contributed by atoms with Crippen LogP contribution in [0.15, 0.2) is 6.33 Å². The SMILES string of the molecule is CC(C)(C)OC(=O)NC12CC(n3cnc(I)c3I)(C1)C2. The Labute approximate surface area is 145 Å². The first kappa shape index (κ1) is 14.9. The van der Waals surface area contributed by atoms with Gasteiger partial charge in [-0.05, 0) is 85.2 Å². The topological polar surface area (TPSA) is 56.1 Å². The van der Waals surface area contributed by atoms with Crippen molar-refractivity contribution in [1.82, 2.24) is 14.9 Å². The number of hydrogen-bond donors (Lipinski definition) is 1. The van der Waals surface area contributed by atoms with Crippen LogP contribution in [0.2, 0.25) is 0 Å². The maximum Gasteiger partial charge on any atom is 0.408 e. The van der Waals surface area contributed by atoms with E-state index in [1.807, 2.05) is 27.1 Å². The number of nitrogens with one attached hydrogen (secondary N) is 1. The molecule has 3 saturated carbocycles. The molecule has 0 saturated heterocycles. The zero-order chi connectivity index (χ0) is 14.8. The third kappa shape index (κ3) is 2.34. The second-order valence-electron chi connectivity index (χ2n) is 6.86. The highest BCUT2D eigenvalue weighted by Gasteiger charge is 2.70. The highest BCUT2D eigenvalue weighted by Crippen LogP contribution is 2.65. The number of nitrogens with zero attached hydrogens (tertiary/aromatic N) is 2. The lowest BCUT2D eigenvalue weighted by Crippen LogP contribution is -2.79. The van der Waals surface area contributed by atoms with Crippen LogP contribution in [-0.2, 0) is 10.3 Å². The smallest absolute Gasteiger partial charge is 0.408 e. The quantitative estimate of drug-likeness (QED) is 0.634. The van der Waals surface area contributed by atoms with Crippen molar-refractivity contribution in [1.29, 1.82) is 0 Å². The monoisotopic (exact) mass is 501 g/mol. The van der Waals surface area contributed by atoms with Gasteiger partial charge in [0, 0.05) is 0 Å². The number of aromatic nitrogens is 2. The zero-order valence-corrected chi connectivity index (χ0v) is 16.0. The lowest BCUT2D eigenvalue weighted by molar-refractivity contribution is -0.137. The molecule has 110 valence electrons. The molecule has 1 heterocycles. The first-order chi connectivity index (χ1) is 9.15. The van der Waals surface area contributed by atoms with Crippen LogP contribution in [0.1, 0.15) is 40.0 Å². The lowest BCUT2D eigenvalue weighted by Gasteiger charge is -2.70. The molecule has 1 aromatic heterocycles. The zero-order valence-electron chi connectivity index (χ0n) is 11.7. The molecule has 0 radical (unpaired) electrons. The molecule has 2 bridgehead atoms. The highest BCUT2D eigenvalue weighted by atomic mass is 127. The van der Waals surface area contributed by atoms with Crippen molar-refractivity contribution in [3.63, 3.8) is 0 Å². The molecule has 3 aliphatic carbocycles. The van der Waals surface area contributed by atoms with E-state index in [1.54, 1.807) is 0 Å². The Hall–Kier alpha value is -0.0600. The van der Waals surface area contributed by atoms with E-state index in [0.717, 1.165) is 23.0 Å². The number of rotatable bonds is 2. The van der Waals surface area contributed by atoms with E-state index in [0.29, 0.717) is 0 Å². The van der Waals surface area contributed by atoms with Crippen molar-refractivity contribution >= 4 is 51.3 Å². The summed E-state index contributed by atoms with van der Waals surface area (Å²) in [6.07, 6.45) is 4.53. The molecule has 0 unspecified atom stereocenters. The van der Waals surface area contributed by atoms with Gasteiger partial charge >= 0.3 is 6.09 Å². The van der Waals surface area contributed by atoms with E-state index in [4.69, 9.17) is 4.74 Å². The first-order valence-corrected chi connectivity index (χ1v) is 8.71. The second kappa shape index (κ2) is 4.47.